The number of halogens is 2. The van der Waals surface area contributed by atoms with Crippen LogP contribution in [0.25, 0.3) is 0 Å². The molecule has 0 radical (unpaired) electrons. The van der Waals surface area contributed by atoms with Crippen LogP contribution in [0.1, 0.15) is 6.42 Å². The summed E-state index contributed by atoms with van der Waals surface area (Å²) in [6, 6.07) is 3.55. The number of carboxylic acids is 1. The predicted octanol–water partition coefficient (Wildman–Crippen LogP) is 1.36. The SMILES string of the molecule is CSCC[C@H](NC(=O)COc1ccc(Cl)cc1Cl)C(=O)[O-]. The highest BCUT2D eigenvalue weighted by Crippen LogP contribution is 2.27. The molecule has 1 rings (SSSR count). The highest BCUT2D eigenvalue weighted by atomic mass is 35.5. The van der Waals surface area contributed by atoms with Crippen molar-refractivity contribution in [3.05, 3.63) is 28.2 Å². The molecule has 1 amide bonds. The minimum atomic E-state index is -1.32. The van der Waals surface area contributed by atoms with Crippen LogP contribution in [-0.4, -0.2) is 36.5 Å². The number of carboxylic acid groups (broad SMARTS) is 1. The smallest absolute Gasteiger partial charge is 0.258 e. The second-order valence-corrected chi connectivity index (χ2v) is 5.91. The van der Waals surface area contributed by atoms with Crippen molar-refractivity contribution in [3.8, 4) is 5.75 Å². The third kappa shape index (κ3) is 6.46. The molecule has 0 aliphatic rings. The number of amides is 1. The first-order valence-corrected chi connectivity index (χ1v) is 8.16. The van der Waals surface area contributed by atoms with Gasteiger partial charge in [-0.2, -0.15) is 11.8 Å². The fraction of sp³-hybridized carbons (Fsp3) is 0.385. The topological polar surface area (TPSA) is 78.5 Å². The maximum Gasteiger partial charge on any atom is 0.258 e. The molecule has 0 saturated carbocycles. The molecule has 0 spiro atoms. The third-order valence-corrected chi connectivity index (χ3v) is 3.66. The third-order valence-electron chi connectivity index (χ3n) is 2.48. The quantitative estimate of drug-likeness (QED) is 0.765. The van der Waals surface area contributed by atoms with Gasteiger partial charge < -0.3 is 20.0 Å². The lowest BCUT2D eigenvalue weighted by Gasteiger charge is -2.19. The van der Waals surface area contributed by atoms with E-state index >= 15 is 0 Å². The monoisotopic (exact) mass is 350 g/mol. The fourth-order valence-electron chi connectivity index (χ4n) is 1.46. The number of thioether (sulfide) groups is 1. The van der Waals surface area contributed by atoms with Gasteiger partial charge >= 0.3 is 0 Å². The number of hydrogen-bond donors (Lipinski definition) is 1. The van der Waals surface area contributed by atoms with Crippen molar-refractivity contribution in [2.24, 2.45) is 0 Å². The summed E-state index contributed by atoms with van der Waals surface area (Å²) in [5.41, 5.74) is 0. The van der Waals surface area contributed by atoms with Crippen molar-refractivity contribution in [1.82, 2.24) is 5.32 Å². The molecule has 0 aliphatic carbocycles. The zero-order valence-electron chi connectivity index (χ0n) is 11.2. The first-order chi connectivity index (χ1) is 9.93. The fourth-order valence-corrected chi connectivity index (χ4v) is 2.39. The summed E-state index contributed by atoms with van der Waals surface area (Å²) < 4.78 is 5.22. The minimum absolute atomic E-state index is 0.272. The van der Waals surface area contributed by atoms with E-state index in [0.717, 1.165) is 0 Å². The van der Waals surface area contributed by atoms with Gasteiger partial charge in [0.2, 0.25) is 0 Å². The highest BCUT2D eigenvalue weighted by molar-refractivity contribution is 7.98. The van der Waals surface area contributed by atoms with Crippen molar-refractivity contribution in [3.63, 3.8) is 0 Å². The first kappa shape index (κ1) is 17.9. The summed E-state index contributed by atoms with van der Waals surface area (Å²) in [5.74, 6) is -0.980. The maximum absolute atomic E-state index is 11.7. The Morgan fingerprint density at radius 1 is 1.43 bits per heavy atom. The predicted molar refractivity (Wildman–Crippen MR) is 81.9 cm³/mol. The number of aliphatic carboxylic acids is 1. The van der Waals surface area contributed by atoms with E-state index in [1.807, 2.05) is 6.26 Å². The van der Waals surface area contributed by atoms with Gasteiger partial charge in [-0.05, 0) is 36.6 Å². The zero-order valence-corrected chi connectivity index (χ0v) is 13.6. The Bertz CT molecular complexity index is 513. The Balaban J connectivity index is 2.50. The Hall–Kier alpha value is -1.11. The molecule has 1 atom stereocenters. The molecule has 0 saturated heterocycles. The molecule has 0 heterocycles. The lowest BCUT2D eigenvalue weighted by Crippen LogP contribution is -2.49. The van der Waals surface area contributed by atoms with Crippen LogP contribution in [0.3, 0.4) is 0 Å². The summed E-state index contributed by atoms with van der Waals surface area (Å²) in [7, 11) is 0. The molecule has 0 fully saturated rings. The van der Waals surface area contributed by atoms with Crippen LogP contribution in [0.15, 0.2) is 18.2 Å². The van der Waals surface area contributed by atoms with Crippen molar-refractivity contribution in [2.45, 2.75) is 12.5 Å². The molecule has 5 nitrogen and oxygen atoms in total. The lowest BCUT2D eigenvalue weighted by atomic mass is 10.2. The van der Waals surface area contributed by atoms with E-state index in [-0.39, 0.29) is 18.1 Å². The molecular formula is C13H14Cl2NO4S-. The Kier molecular flexibility index (Phi) is 7.71. The molecule has 0 aromatic heterocycles. The highest BCUT2D eigenvalue weighted by Gasteiger charge is 2.14. The molecule has 116 valence electrons. The number of hydrogen-bond acceptors (Lipinski definition) is 5. The molecule has 0 bridgehead atoms. The maximum atomic E-state index is 11.7. The summed E-state index contributed by atoms with van der Waals surface area (Å²) in [6.07, 6.45) is 2.14. The van der Waals surface area contributed by atoms with Gasteiger partial charge in [0.25, 0.3) is 5.91 Å². The van der Waals surface area contributed by atoms with Gasteiger partial charge in [-0.15, -0.1) is 0 Å². The summed E-state index contributed by atoms with van der Waals surface area (Å²) in [6.45, 7) is -0.343. The second kappa shape index (κ2) is 9.02. The standard InChI is InChI=1S/C13H15Cl2NO4S/c1-21-5-4-10(13(18)19)16-12(17)7-20-11-3-2-8(14)6-9(11)15/h2-3,6,10H,4-5,7H2,1H3,(H,16,17)(H,18,19)/p-1/t10-/m0/s1. The molecule has 0 unspecified atom stereocenters. The van der Waals surface area contributed by atoms with Crippen LogP contribution < -0.4 is 15.2 Å². The van der Waals surface area contributed by atoms with Crippen LogP contribution in [0, 0.1) is 0 Å². The van der Waals surface area contributed by atoms with Gasteiger partial charge in [0.1, 0.15) is 5.75 Å². The number of ether oxygens (including phenoxy) is 1. The number of rotatable bonds is 8. The van der Waals surface area contributed by atoms with Crippen LogP contribution in [0.4, 0.5) is 0 Å². The minimum Gasteiger partial charge on any atom is -0.548 e. The average Bonchev–Trinajstić information content (AvgIpc) is 2.42. The molecular weight excluding hydrogens is 337 g/mol. The molecule has 1 N–H and O–H groups in total. The second-order valence-electron chi connectivity index (χ2n) is 4.08. The van der Waals surface area contributed by atoms with Crippen molar-refractivity contribution >= 4 is 46.8 Å². The molecule has 21 heavy (non-hydrogen) atoms. The van der Waals surface area contributed by atoms with Crippen molar-refractivity contribution in [2.75, 3.05) is 18.6 Å². The van der Waals surface area contributed by atoms with Gasteiger partial charge in [-0.1, -0.05) is 23.2 Å². The van der Waals surface area contributed by atoms with Gasteiger partial charge in [0.15, 0.2) is 6.61 Å². The van der Waals surface area contributed by atoms with E-state index in [0.29, 0.717) is 16.5 Å². The van der Waals surface area contributed by atoms with E-state index in [4.69, 9.17) is 27.9 Å². The number of benzene rings is 1. The summed E-state index contributed by atoms with van der Waals surface area (Å²) in [5, 5.41) is 14.0. The molecule has 1 aromatic carbocycles. The normalized spacial score (nSPS) is 11.8. The van der Waals surface area contributed by atoms with Gasteiger partial charge in [-0.3, -0.25) is 4.79 Å². The van der Waals surface area contributed by atoms with Crippen LogP contribution in [0.2, 0.25) is 10.0 Å². The molecule has 0 aliphatic heterocycles. The van der Waals surface area contributed by atoms with Crippen LogP contribution in [0.5, 0.6) is 5.75 Å². The average molecular weight is 351 g/mol. The molecule has 1 aromatic rings. The Morgan fingerprint density at radius 3 is 2.71 bits per heavy atom. The lowest BCUT2D eigenvalue weighted by molar-refractivity contribution is -0.308. The van der Waals surface area contributed by atoms with Crippen LogP contribution >= 0.6 is 35.0 Å². The largest absolute Gasteiger partial charge is 0.548 e. The summed E-state index contributed by atoms with van der Waals surface area (Å²) in [4.78, 5) is 22.6. The number of carbonyl (C=O) groups excluding carboxylic acids is 2. The van der Waals surface area contributed by atoms with Gasteiger partial charge in [0, 0.05) is 5.02 Å². The first-order valence-electron chi connectivity index (χ1n) is 6.01. The van der Waals surface area contributed by atoms with Gasteiger partial charge in [0.05, 0.1) is 17.0 Å². The number of carbonyl (C=O) groups is 2. The number of nitrogens with one attached hydrogen (secondary N) is 1. The van der Waals surface area contributed by atoms with E-state index in [9.17, 15) is 14.7 Å². The Morgan fingerprint density at radius 2 is 2.14 bits per heavy atom. The van der Waals surface area contributed by atoms with E-state index < -0.39 is 17.9 Å². The van der Waals surface area contributed by atoms with E-state index in [1.54, 1.807) is 6.07 Å². The zero-order chi connectivity index (χ0) is 15.8. The van der Waals surface area contributed by atoms with Crippen molar-refractivity contribution in [1.29, 1.82) is 0 Å². The summed E-state index contributed by atoms with van der Waals surface area (Å²) >= 11 is 13.1. The van der Waals surface area contributed by atoms with Gasteiger partial charge in [-0.25, -0.2) is 0 Å². The molecule has 8 heteroatoms. The van der Waals surface area contributed by atoms with E-state index in [1.165, 1.54) is 23.9 Å². The van der Waals surface area contributed by atoms with Crippen LogP contribution in [-0.2, 0) is 9.59 Å². The van der Waals surface area contributed by atoms with E-state index in [2.05, 4.69) is 5.32 Å². The Labute approximate surface area is 136 Å². The van der Waals surface area contributed by atoms with Crippen molar-refractivity contribution < 1.29 is 19.4 Å².